The summed E-state index contributed by atoms with van der Waals surface area (Å²) >= 11 is 6.42. The molecular weight excluding hydrogens is 402 g/mol. The second-order valence-corrected chi connectivity index (χ2v) is 10.3. The maximum Gasteiger partial charge on any atom is 0.410 e. The van der Waals surface area contributed by atoms with Gasteiger partial charge in [-0.25, -0.2) is 17.9 Å². The fraction of sp³-hybridized carbons (Fsp3) is 0.632. The number of rotatable bonds is 6. The number of carbonyl (C=O) groups excluding carboxylic acids is 1. The summed E-state index contributed by atoms with van der Waals surface area (Å²) in [5, 5.41) is 0.631. The average Bonchev–Trinajstić information content (AvgIpc) is 2.61. The van der Waals surface area contributed by atoms with Crippen LogP contribution >= 0.6 is 11.6 Å². The van der Waals surface area contributed by atoms with E-state index in [1.807, 2.05) is 45.0 Å². The van der Waals surface area contributed by atoms with E-state index >= 15 is 0 Å². The number of amides is 1. The van der Waals surface area contributed by atoms with E-state index in [1.54, 1.807) is 4.90 Å². The molecule has 158 valence electrons. The third-order valence-corrected chi connectivity index (χ3v) is 6.37. The summed E-state index contributed by atoms with van der Waals surface area (Å²) in [5.74, 6) is 0.0605. The van der Waals surface area contributed by atoms with E-state index in [4.69, 9.17) is 16.3 Å². The lowest BCUT2D eigenvalue weighted by atomic mass is 10.0. The maximum absolute atomic E-state index is 12.5. The van der Waals surface area contributed by atoms with Gasteiger partial charge in [0.15, 0.2) is 0 Å². The fourth-order valence-electron chi connectivity index (χ4n) is 3.18. The Balaban J connectivity index is 2.15. The van der Waals surface area contributed by atoms with Gasteiger partial charge in [0.25, 0.3) is 0 Å². The number of sulfonamides is 1. The summed E-state index contributed by atoms with van der Waals surface area (Å²) in [6.45, 7) is 7.71. The predicted molar refractivity (Wildman–Crippen MR) is 111 cm³/mol. The number of ether oxygens (including phenoxy) is 1. The summed E-state index contributed by atoms with van der Waals surface area (Å²) < 4.78 is 31.3. The Labute approximate surface area is 173 Å². The van der Waals surface area contributed by atoms with Crippen molar-refractivity contribution < 1.29 is 17.9 Å². The van der Waals surface area contributed by atoms with E-state index in [1.165, 1.54) is 7.05 Å². The van der Waals surface area contributed by atoms with Gasteiger partial charge in [0.05, 0.1) is 11.8 Å². The van der Waals surface area contributed by atoms with Gasteiger partial charge in [0, 0.05) is 24.7 Å². The maximum atomic E-state index is 12.5. The highest BCUT2D eigenvalue weighted by molar-refractivity contribution is 7.89. The highest BCUT2D eigenvalue weighted by atomic mass is 35.5. The van der Waals surface area contributed by atoms with E-state index in [2.05, 4.69) is 9.62 Å². The number of carbonyl (C=O) groups is 1. The van der Waals surface area contributed by atoms with Crippen LogP contribution in [0, 0.1) is 0 Å². The molecule has 1 aromatic carbocycles. The molecule has 2 rings (SSSR count). The number of nitrogens with zero attached hydrogens (tertiary/aromatic N) is 2. The van der Waals surface area contributed by atoms with Crippen LogP contribution < -0.4 is 4.72 Å². The molecular formula is C19H30ClN3O4S. The van der Waals surface area contributed by atoms with Crippen LogP contribution in [-0.4, -0.2) is 68.9 Å². The zero-order chi connectivity index (χ0) is 20.9. The Morgan fingerprint density at radius 3 is 2.57 bits per heavy atom. The molecule has 0 bridgehead atoms. The van der Waals surface area contributed by atoms with E-state index in [-0.39, 0.29) is 17.9 Å². The van der Waals surface area contributed by atoms with E-state index < -0.39 is 15.6 Å². The van der Waals surface area contributed by atoms with Gasteiger partial charge in [-0.2, -0.15) is 0 Å². The quantitative estimate of drug-likeness (QED) is 0.749. The van der Waals surface area contributed by atoms with Crippen molar-refractivity contribution in [2.24, 2.45) is 0 Å². The first kappa shape index (κ1) is 22.9. The largest absolute Gasteiger partial charge is 0.444 e. The highest BCUT2D eigenvalue weighted by Crippen LogP contribution is 2.31. The van der Waals surface area contributed by atoms with Gasteiger partial charge in [0.2, 0.25) is 10.0 Å². The standard InChI is InChI=1S/C19H30ClN3O4S/c1-19(2,3)27-18(24)23-12-11-22(10-7-13-28(25,26)21-4)17(14-23)15-8-5-6-9-16(15)20/h5-6,8-9,17,21H,7,10-14H2,1-4H3. The molecule has 1 amide bonds. The van der Waals surface area contributed by atoms with Crippen molar-refractivity contribution in [3.8, 4) is 0 Å². The zero-order valence-corrected chi connectivity index (χ0v) is 18.5. The third-order valence-electron chi connectivity index (χ3n) is 4.58. The Bertz CT molecular complexity index is 780. The molecule has 1 fully saturated rings. The summed E-state index contributed by atoms with van der Waals surface area (Å²) in [7, 11) is -1.82. The average molecular weight is 432 g/mol. The number of nitrogens with one attached hydrogen (secondary N) is 1. The normalized spacial score (nSPS) is 18.9. The van der Waals surface area contributed by atoms with Crippen LogP contribution in [0.15, 0.2) is 24.3 Å². The van der Waals surface area contributed by atoms with Crippen LogP contribution in [0.25, 0.3) is 0 Å². The van der Waals surface area contributed by atoms with Crippen molar-refractivity contribution in [3.05, 3.63) is 34.9 Å². The lowest BCUT2D eigenvalue weighted by Crippen LogP contribution is -2.52. The molecule has 0 aromatic heterocycles. The summed E-state index contributed by atoms with van der Waals surface area (Å²) in [4.78, 5) is 16.4. The minimum atomic E-state index is -3.24. The number of piperazine rings is 1. The molecule has 0 saturated carbocycles. The molecule has 1 N–H and O–H groups in total. The molecule has 1 atom stereocenters. The first-order chi connectivity index (χ1) is 13.0. The summed E-state index contributed by atoms with van der Waals surface area (Å²) in [6.07, 6.45) is 0.151. The van der Waals surface area contributed by atoms with E-state index in [0.29, 0.717) is 37.6 Å². The Kier molecular flexibility index (Phi) is 7.73. The fourth-order valence-corrected chi connectivity index (χ4v) is 4.16. The highest BCUT2D eigenvalue weighted by Gasteiger charge is 2.33. The molecule has 1 aliphatic rings. The van der Waals surface area contributed by atoms with Gasteiger partial charge < -0.3 is 9.64 Å². The van der Waals surface area contributed by atoms with E-state index in [0.717, 1.165) is 5.56 Å². The number of hydrogen-bond acceptors (Lipinski definition) is 5. The summed E-state index contributed by atoms with van der Waals surface area (Å²) in [5.41, 5.74) is 0.365. The molecule has 0 aliphatic carbocycles. The van der Waals surface area contributed by atoms with Crippen LogP contribution in [0.3, 0.4) is 0 Å². The molecule has 7 nitrogen and oxygen atoms in total. The van der Waals surface area contributed by atoms with Crippen molar-refractivity contribution in [3.63, 3.8) is 0 Å². The van der Waals surface area contributed by atoms with Gasteiger partial charge in [-0.1, -0.05) is 29.8 Å². The second-order valence-electron chi connectivity index (χ2n) is 7.88. The second kappa shape index (κ2) is 9.43. The smallest absolute Gasteiger partial charge is 0.410 e. The van der Waals surface area contributed by atoms with Gasteiger partial charge in [0.1, 0.15) is 5.60 Å². The number of benzene rings is 1. The minimum Gasteiger partial charge on any atom is -0.444 e. The van der Waals surface area contributed by atoms with Crippen LogP contribution in [0.4, 0.5) is 4.79 Å². The molecule has 1 heterocycles. The molecule has 0 spiro atoms. The van der Waals surface area contributed by atoms with Crippen molar-refractivity contribution in [2.45, 2.75) is 38.8 Å². The molecule has 28 heavy (non-hydrogen) atoms. The Hall–Kier alpha value is -1.35. The molecule has 1 saturated heterocycles. The van der Waals surface area contributed by atoms with Gasteiger partial charge >= 0.3 is 6.09 Å². The molecule has 0 radical (unpaired) electrons. The van der Waals surface area contributed by atoms with Crippen LogP contribution in [0.2, 0.25) is 5.02 Å². The minimum absolute atomic E-state index is 0.0605. The number of halogens is 1. The molecule has 9 heteroatoms. The first-order valence-electron chi connectivity index (χ1n) is 9.40. The SMILES string of the molecule is CNS(=O)(=O)CCCN1CCN(C(=O)OC(C)(C)C)CC1c1ccccc1Cl. The van der Waals surface area contributed by atoms with Crippen molar-refractivity contribution in [1.29, 1.82) is 0 Å². The molecule has 1 aliphatic heterocycles. The number of hydrogen-bond donors (Lipinski definition) is 1. The Morgan fingerprint density at radius 1 is 1.29 bits per heavy atom. The van der Waals surface area contributed by atoms with Crippen LogP contribution in [-0.2, 0) is 14.8 Å². The lowest BCUT2D eigenvalue weighted by molar-refractivity contribution is 0.00351. The first-order valence-corrected chi connectivity index (χ1v) is 11.4. The molecule has 1 unspecified atom stereocenters. The van der Waals surface area contributed by atoms with Crippen LogP contribution in [0.1, 0.15) is 38.8 Å². The predicted octanol–water partition coefficient (Wildman–Crippen LogP) is 2.87. The monoisotopic (exact) mass is 431 g/mol. The zero-order valence-electron chi connectivity index (χ0n) is 16.9. The van der Waals surface area contributed by atoms with Crippen molar-refractivity contribution >= 4 is 27.7 Å². The van der Waals surface area contributed by atoms with Crippen LogP contribution in [0.5, 0.6) is 0 Å². The molecule has 1 aromatic rings. The Morgan fingerprint density at radius 2 is 1.96 bits per heavy atom. The third kappa shape index (κ3) is 6.62. The van der Waals surface area contributed by atoms with Gasteiger partial charge in [-0.05, 0) is 52.4 Å². The lowest BCUT2D eigenvalue weighted by Gasteiger charge is -2.42. The topological polar surface area (TPSA) is 79.0 Å². The van der Waals surface area contributed by atoms with Gasteiger partial charge in [-0.15, -0.1) is 0 Å². The van der Waals surface area contributed by atoms with Crippen molar-refractivity contribution in [1.82, 2.24) is 14.5 Å². The van der Waals surface area contributed by atoms with E-state index in [9.17, 15) is 13.2 Å². The van der Waals surface area contributed by atoms with Gasteiger partial charge in [-0.3, -0.25) is 4.90 Å². The van der Waals surface area contributed by atoms with Crippen molar-refractivity contribution in [2.75, 3.05) is 39.0 Å². The summed E-state index contributed by atoms with van der Waals surface area (Å²) in [6, 6.07) is 7.43.